The Morgan fingerprint density at radius 1 is 1.08 bits per heavy atom. The van der Waals surface area contributed by atoms with Crippen LogP contribution in [0.4, 0.5) is 19.0 Å². The van der Waals surface area contributed by atoms with Gasteiger partial charge in [-0.2, -0.15) is 18.4 Å². The number of nitriles is 1. The van der Waals surface area contributed by atoms with Gasteiger partial charge in [0.2, 0.25) is 0 Å². The smallest absolute Gasteiger partial charge is 0.348 e. The zero-order chi connectivity index (χ0) is 17.2. The molecule has 1 atom stereocenters. The Kier molecular flexibility index (Phi) is 4.38. The summed E-state index contributed by atoms with van der Waals surface area (Å²) in [6.07, 6.45) is 1.45. The van der Waals surface area contributed by atoms with E-state index in [2.05, 4.69) is 9.97 Å². The largest absolute Gasteiger partial charge is 0.416 e. The fraction of sp³-hybridized carbons (Fsp3) is 0.353. The summed E-state index contributed by atoms with van der Waals surface area (Å²) in [6.45, 7) is 0.756. The third kappa shape index (κ3) is 3.32. The molecule has 124 valence electrons. The van der Waals surface area contributed by atoms with E-state index in [0.717, 1.165) is 43.5 Å². The van der Waals surface area contributed by atoms with Gasteiger partial charge < -0.3 is 4.90 Å². The summed E-state index contributed by atoms with van der Waals surface area (Å²) in [4.78, 5) is 10.3. The molecular weight excluding hydrogens is 317 g/mol. The highest BCUT2D eigenvalue weighted by Gasteiger charge is 2.31. The van der Waals surface area contributed by atoms with E-state index >= 15 is 0 Å². The molecule has 1 aromatic heterocycles. The van der Waals surface area contributed by atoms with E-state index in [0.29, 0.717) is 5.82 Å². The molecule has 1 unspecified atom stereocenters. The number of rotatable bonds is 2. The Labute approximate surface area is 137 Å². The van der Waals surface area contributed by atoms with Crippen LogP contribution in [0.25, 0.3) is 0 Å². The van der Waals surface area contributed by atoms with E-state index in [1.165, 1.54) is 18.3 Å². The zero-order valence-electron chi connectivity index (χ0n) is 12.8. The van der Waals surface area contributed by atoms with Gasteiger partial charge in [-0.1, -0.05) is 12.1 Å². The third-order valence-corrected chi connectivity index (χ3v) is 4.17. The lowest BCUT2D eigenvalue weighted by Gasteiger charge is -2.36. The second kappa shape index (κ2) is 6.48. The lowest BCUT2D eigenvalue weighted by Crippen LogP contribution is -2.34. The van der Waals surface area contributed by atoms with Gasteiger partial charge in [-0.25, -0.2) is 9.97 Å². The number of halogens is 3. The van der Waals surface area contributed by atoms with E-state index in [9.17, 15) is 13.2 Å². The Balaban J connectivity index is 1.88. The van der Waals surface area contributed by atoms with Crippen molar-refractivity contribution in [3.63, 3.8) is 0 Å². The predicted octanol–water partition coefficient (Wildman–Crippen LogP) is 4.10. The van der Waals surface area contributed by atoms with Gasteiger partial charge in [0, 0.05) is 6.54 Å². The molecular formula is C17H15F3N4. The van der Waals surface area contributed by atoms with Crippen LogP contribution in [-0.4, -0.2) is 16.5 Å². The van der Waals surface area contributed by atoms with Gasteiger partial charge in [0.15, 0.2) is 5.69 Å². The highest BCUT2D eigenvalue weighted by Crippen LogP contribution is 2.35. The van der Waals surface area contributed by atoms with Crippen LogP contribution < -0.4 is 4.90 Å². The molecule has 1 aliphatic rings. The molecule has 0 spiro atoms. The minimum atomic E-state index is -4.33. The van der Waals surface area contributed by atoms with Gasteiger partial charge >= 0.3 is 6.18 Å². The summed E-state index contributed by atoms with van der Waals surface area (Å²) < 4.78 is 38.2. The zero-order valence-corrected chi connectivity index (χ0v) is 12.8. The maximum absolute atomic E-state index is 12.7. The second-order valence-electron chi connectivity index (χ2n) is 5.70. The van der Waals surface area contributed by atoms with Crippen LogP contribution in [0.2, 0.25) is 0 Å². The minimum absolute atomic E-state index is 0.0386. The van der Waals surface area contributed by atoms with Crippen molar-refractivity contribution in [2.45, 2.75) is 31.5 Å². The summed E-state index contributed by atoms with van der Waals surface area (Å²) in [7, 11) is 0. The molecule has 0 saturated carbocycles. The van der Waals surface area contributed by atoms with E-state index in [1.807, 2.05) is 11.0 Å². The van der Waals surface area contributed by atoms with Crippen molar-refractivity contribution in [2.24, 2.45) is 0 Å². The Bertz CT molecular complexity index is 732. The first-order valence-corrected chi connectivity index (χ1v) is 7.65. The van der Waals surface area contributed by atoms with Gasteiger partial charge in [-0.3, -0.25) is 0 Å². The number of aromatic nitrogens is 2. The van der Waals surface area contributed by atoms with Crippen molar-refractivity contribution in [1.29, 1.82) is 5.26 Å². The molecule has 4 nitrogen and oxygen atoms in total. The van der Waals surface area contributed by atoms with Crippen LogP contribution in [0.3, 0.4) is 0 Å². The molecule has 2 aromatic rings. The normalized spacial score (nSPS) is 18.2. The average Bonchev–Trinajstić information content (AvgIpc) is 2.61. The topological polar surface area (TPSA) is 52.8 Å². The molecule has 7 heteroatoms. The highest BCUT2D eigenvalue weighted by molar-refractivity contribution is 5.43. The number of piperidine rings is 1. The van der Waals surface area contributed by atoms with Crippen molar-refractivity contribution in [1.82, 2.24) is 9.97 Å². The summed E-state index contributed by atoms with van der Waals surface area (Å²) >= 11 is 0. The lowest BCUT2D eigenvalue weighted by atomic mass is 9.94. The van der Waals surface area contributed by atoms with Gasteiger partial charge in [-0.05, 0) is 37.0 Å². The van der Waals surface area contributed by atoms with Crippen LogP contribution in [0.15, 0.2) is 36.7 Å². The second-order valence-corrected chi connectivity index (χ2v) is 5.70. The average molecular weight is 332 g/mol. The highest BCUT2D eigenvalue weighted by atomic mass is 19.4. The van der Waals surface area contributed by atoms with Crippen LogP contribution in [0, 0.1) is 11.3 Å². The Morgan fingerprint density at radius 3 is 2.42 bits per heavy atom. The van der Waals surface area contributed by atoms with E-state index in [-0.39, 0.29) is 11.7 Å². The lowest BCUT2D eigenvalue weighted by molar-refractivity contribution is -0.137. The van der Waals surface area contributed by atoms with Crippen LogP contribution in [0.1, 0.15) is 42.1 Å². The van der Waals surface area contributed by atoms with E-state index in [4.69, 9.17) is 5.26 Å². The fourth-order valence-electron chi connectivity index (χ4n) is 2.97. The maximum Gasteiger partial charge on any atom is 0.416 e. The molecule has 24 heavy (non-hydrogen) atoms. The first-order valence-electron chi connectivity index (χ1n) is 7.65. The summed E-state index contributed by atoms with van der Waals surface area (Å²) in [5.74, 6) is 0.638. The van der Waals surface area contributed by atoms with Crippen LogP contribution in [0.5, 0.6) is 0 Å². The Morgan fingerprint density at radius 2 is 1.83 bits per heavy atom. The molecule has 2 heterocycles. The van der Waals surface area contributed by atoms with Crippen LogP contribution in [-0.2, 0) is 6.18 Å². The quantitative estimate of drug-likeness (QED) is 0.831. The number of alkyl halides is 3. The fourth-order valence-corrected chi connectivity index (χ4v) is 2.97. The summed E-state index contributed by atoms with van der Waals surface area (Å²) in [5, 5.41) is 8.80. The van der Waals surface area contributed by atoms with Gasteiger partial charge in [0.05, 0.1) is 24.0 Å². The SMILES string of the molecule is N#Cc1cnc(N2CCCCC2c2ccc(C(F)(F)F)cc2)cn1. The predicted molar refractivity (Wildman–Crippen MR) is 82.1 cm³/mol. The molecule has 0 bridgehead atoms. The number of anilines is 1. The van der Waals surface area contributed by atoms with Crippen LogP contribution >= 0.6 is 0 Å². The van der Waals surface area contributed by atoms with Crippen molar-refractivity contribution < 1.29 is 13.2 Å². The van der Waals surface area contributed by atoms with Gasteiger partial charge in [0.25, 0.3) is 0 Å². The molecule has 1 aliphatic heterocycles. The van der Waals surface area contributed by atoms with Crippen molar-refractivity contribution in [2.75, 3.05) is 11.4 Å². The standard InChI is InChI=1S/C17H15F3N4/c18-17(19,20)13-6-4-12(5-7-13)15-3-1-2-8-24(15)16-11-22-14(9-21)10-23-16/h4-7,10-11,15H,1-3,8H2. The van der Waals surface area contributed by atoms with E-state index in [1.54, 1.807) is 6.20 Å². The number of hydrogen-bond donors (Lipinski definition) is 0. The number of hydrogen-bond acceptors (Lipinski definition) is 4. The first kappa shape index (κ1) is 16.2. The van der Waals surface area contributed by atoms with E-state index < -0.39 is 11.7 Å². The number of nitrogens with zero attached hydrogens (tertiary/aromatic N) is 4. The maximum atomic E-state index is 12.7. The number of benzene rings is 1. The Hall–Kier alpha value is -2.62. The molecule has 0 radical (unpaired) electrons. The minimum Gasteiger partial charge on any atom is -0.348 e. The molecule has 0 aliphatic carbocycles. The third-order valence-electron chi connectivity index (χ3n) is 4.17. The molecule has 1 fully saturated rings. The molecule has 1 aromatic carbocycles. The van der Waals surface area contributed by atoms with Crippen molar-refractivity contribution in [3.05, 3.63) is 53.5 Å². The summed E-state index contributed by atoms with van der Waals surface area (Å²) in [5.41, 5.74) is 0.419. The van der Waals surface area contributed by atoms with Gasteiger partial charge in [0.1, 0.15) is 11.9 Å². The van der Waals surface area contributed by atoms with Crippen molar-refractivity contribution in [3.8, 4) is 6.07 Å². The molecule has 0 amide bonds. The molecule has 0 N–H and O–H groups in total. The summed E-state index contributed by atoms with van der Waals surface area (Å²) in [6, 6.07) is 7.18. The molecule has 3 rings (SSSR count). The molecule has 1 saturated heterocycles. The monoisotopic (exact) mass is 332 g/mol. The first-order chi connectivity index (χ1) is 11.5. The van der Waals surface area contributed by atoms with Gasteiger partial charge in [-0.15, -0.1) is 0 Å². The van der Waals surface area contributed by atoms with Crippen molar-refractivity contribution >= 4 is 5.82 Å².